The van der Waals surface area contributed by atoms with Crippen LogP contribution < -0.4 is 10.6 Å². The molecular formula is C14H19FN2O. The van der Waals surface area contributed by atoms with Crippen LogP contribution in [0.3, 0.4) is 0 Å². The second kappa shape index (κ2) is 5.06. The van der Waals surface area contributed by atoms with Crippen LogP contribution in [0.4, 0.5) is 4.39 Å². The number of piperidine rings is 2. The van der Waals surface area contributed by atoms with E-state index in [2.05, 4.69) is 17.2 Å². The second-order valence-electron chi connectivity index (χ2n) is 5.07. The number of allylic oxidation sites excluding steroid dienone is 4. The van der Waals surface area contributed by atoms with Gasteiger partial charge in [0.1, 0.15) is 0 Å². The molecule has 0 amide bonds. The van der Waals surface area contributed by atoms with Crippen LogP contribution in [-0.4, -0.2) is 24.4 Å². The van der Waals surface area contributed by atoms with Gasteiger partial charge in [-0.2, -0.15) is 0 Å². The number of hydrogen-bond acceptors (Lipinski definition) is 3. The van der Waals surface area contributed by atoms with Crippen molar-refractivity contribution in [3.8, 4) is 0 Å². The first-order chi connectivity index (χ1) is 8.52. The van der Waals surface area contributed by atoms with E-state index in [9.17, 15) is 9.18 Å². The summed E-state index contributed by atoms with van der Waals surface area (Å²) in [4.78, 5) is 12.0. The third-order valence-electron chi connectivity index (χ3n) is 3.60. The number of carbonyl (C=O) groups is 1. The highest BCUT2D eigenvalue weighted by molar-refractivity contribution is 6.00. The van der Waals surface area contributed by atoms with E-state index in [1.54, 1.807) is 6.08 Å². The SMILES string of the molecule is C=C1C(=O)CC2(CCNCC2)N/C1=C/C=C(\C)F. The van der Waals surface area contributed by atoms with Gasteiger partial charge in [0.25, 0.3) is 0 Å². The number of Topliss-reactive ketones (excluding diaryl/α,β-unsaturated/α-hetero) is 1. The number of rotatable bonds is 1. The molecule has 0 radical (unpaired) electrons. The molecule has 4 heteroatoms. The Kier molecular flexibility index (Phi) is 3.66. The minimum Gasteiger partial charge on any atom is -0.378 e. The van der Waals surface area contributed by atoms with Crippen LogP contribution in [0.2, 0.25) is 0 Å². The van der Waals surface area contributed by atoms with E-state index in [1.165, 1.54) is 13.0 Å². The third-order valence-corrected chi connectivity index (χ3v) is 3.60. The molecular weight excluding hydrogens is 231 g/mol. The van der Waals surface area contributed by atoms with Gasteiger partial charge in [-0.05, 0) is 45.0 Å². The number of carbonyl (C=O) groups excluding carboxylic acids is 1. The van der Waals surface area contributed by atoms with Gasteiger partial charge in [0.2, 0.25) is 0 Å². The molecule has 0 aromatic heterocycles. The lowest BCUT2D eigenvalue weighted by Crippen LogP contribution is -2.56. The fourth-order valence-electron chi connectivity index (χ4n) is 2.52. The highest BCUT2D eigenvalue weighted by Gasteiger charge is 2.39. The highest BCUT2D eigenvalue weighted by atomic mass is 19.1. The number of hydrogen-bond donors (Lipinski definition) is 2. The molecule has 98 valence electrons. The summed E-state index contributed by atoms with van der Waals surface area (Å²) in [7, 11) is 0. The normalized spacial score (nSPS) is 26.6. The molecule has 2 heterocycles. The number of nitrogens with one attached hydrogen (secondary N) is 2. The standard InChI is InChI=1S/C14H19FN2O/c1-10(15)3-4-12-11(2)13(18)9-14(17-12)5-7-16-8-6-14/h3-4,16-17H,2,5-9H2,1H3/b10-3+,12-4+. The fourth-order valence-corrected chi connectivity index (χ4v) is 2.52. The third kappa shape index (κ3) is 2.70. The van der Waals surface area contributed by atoms with Crippen LogP contribution in [-0.2, 0) is 4.79 Å². The minimum atomic E-state index is -0.283. The van der Waals surface area contributed by atoms with E-state index in [0.717, 1.165) is 25.9 Å². The lowest BCUT2D eigenvalue weighted by atomic mass is 9.78. The Morgan fingerprint density at radius 1 is 1.44 bits per heavy atom. The van der Waals surface area contributed by atoms with Gasteiger partial charge in [-0.15, -0.1) is 0 Å². The molecule has 0 aromatic carbocycles. The maximum atomic E-state index is 12.8. The Bertz CT molecular complexity index is 427. The van der Waals surface area contributed by atoms with Crippen LogP contribution in [0.25, 0.3) is 0 Å². The van der Waals surface area contributed by atoms with Crippen molar-refractivity contribution in [3.05, 3.63) is 35.8 Å². The van der Waals surface area contributed by atoms with Crippen LogP contribution in [0.5, 0.6) is 0 Å². The number of halogens is 1. The van der Waals surface area contributed by atoms with Gasteiger partial charge < -0.3 is 10.6 Å². The molecule has 0 unspecified atom stereocenters. The van der Waals surface area contributed by atoms with Crippen molar-refractivity contribution < 1.29 is 9.18 Å². The minimum absolute atomic E-state index is 0.0619. The quantitative estimate of drug-likeness (QED) is 0.699. The molecule has 18 heavy (non-hydrogen) atoms. The average Bonchev–Trinajstić information content (AvgIpc) is 2.33. The maximum Gasteiger partial charge on any atom is 0.166 e. The number of ketones is 1. The van der Waals surface area contributed by atoms with E-state index in [0.29, 0.717) is 17.7 Å². The van der Waals surface area contributed by atoms with Gasteiger partial charge in [0, 0.05) is 23.2 Å². The summed E-state index contributed by atoms with van der Waals surface area (Å²) in [5.41, 5.74) is 0.940. The molecule has 3 nitrogen and oxygen atoms in total. The predicted molar refractivity (Wildman–Crippen MR) is 69.7 cm³/mol. The largest absolute Gasteiger partial charge is 0.378 e. The van der Waals surface area contributed by atoms with Crippen molar-refractivity contribution in [1.82, 2.24) is 10.6 Å². The molecule has 1 spiro atoms. The molecule has 0 bridgehead atoms. The van der Waals surface area contributed by atoms with Gasteiger partial charge in [-0.3, -0.25) is 4.79 Å². The topological polar surface area (TPSA) is 41.1 Å². The predicted octanol–water partition coefficient (Wildman–Crippen LogP) is 1.98. The van der Waals surface area contributed by atoms with E-state index < -0.39 is 0 Å². The molecule has 2 N–H and O–H groups in total. The van der Waals surface area contributed by atoms with Crippen molar-refractivity contribution >= 4 is 5.78 Å². The summed E-state index contributed by atoms with van der Waals surface area (Å²) < 4.78 is 12.8. The van der Waals surface area contributed by atoms with Gasteiger partial charge >= 0.3 is 0 Å². The van der Waals surface area contributed by atoms with Crippen molar-refractivity contribution in [2.75, 3.05) is 13.1 Å². The molecule has 0 aromatic rings. The Balaban J connectivity index is 2.24. The van der Waals surface area contributed by atoms with E-state index in [-0.39, 0.29) is 17.1 Å². The summed E-state index contributed by atoms with van der Waals surface area (Å²) in [5.74, 6) is -0.221. The second-order valence-corrected chi connectivity index (χ2v) is 5.07. The van der Waals surface area contributed by atoms with Crippen molar-refractivity contribution in [2.24, 2.45) is 0 Å². The van der Waals surface area contributed by atoms with E-state index in [4.69, 9.17) is 0 Å². The molecule has 0 saturated carbocycles. The Morgan fingerprint density at radius 3 is 2.72 bits per heavy atom. The zero-order valence-electron chi connectivity index (χ0n) is 10.7. The van der Waals surface area contributed by atoms with Crippen LogP contribution >= 0.6 is 0 Å². The lowest BCUT2D eigenvalue weighted by Gasteiger charge is -2.43. The highest BCUT2D eigenvalue weighted by Crippen LogP contribution is 2.31. The molecule has 2 fully saturated rings. The van der Waals surface area contributed by atoms with Gasteiger partial charge in [-0.1, -0.05) is 6.58 Å². The Labute approximate surface area is 107 Å². The van der Waals surface area contributed by atoms with Crippen LogP contribution in [0, 0.1) is 0 Å². The van der Waals surface area contributed by atoms with Gasteiger partial charge in [0.15, 0.2) is 5.78 Å². The lowest BCUT2D eigenvalue weighted by molar-refractivity contribution is -0.117. The van der Waals surface area contributed by atoms with Crippen LogP contribution in [0.15, 0.2) is 35.8 Å². The summed E-state index contributed by atoms with van der Waals surface area (Å²) >= 11 is 0. The monoisotopic (exact) mass is 250 g/mol. The van der Waals surface area contributed by atoms with E-state index in [1.807, 2.05) is 0 Å². The summed E-state index contributed by atoms with van der Waals surface area (Å²) in [6.45, 7) is 6.97. The zero-order chi connectivity index (χ0) is 13.2. The first-order valence-electron chi connectivity index (χ1n) is 6.28. The Morgan fingerprint density at radius 2 is 2.11 bits per heavy atom. The molecule has 2 aliphatic rings. The van der Waals surface area contributed by atoms with Crippen molar-refractivity contribution in [1.29, 1.82) is 0 Å². The maximum absolute atomic E-state index is 12.8. The fraction of sp³-hybridized carbons (Fsp3) is 0.500. The van der Waals surface area contributed by atoms with Crippen molar-refractivity contribution in [2.45, 2.75) is 31.7 Å². The first-order valence-corrected chi connectivity index (χ1v) is 6.28. The molecule has 2 aliphatic heterocycles. The van der Waals surface area contributed by atoms with Crippen LogP contribution in [0.1, 0.15) is 26.2 Å². The molecule has 0 aliphatic carbocycles. The molecule has 0 atom stereocenters. The summed E-state index contributed by atoms with van der Waals surface area (Å²) in [6, 6.07) is 0. The first kappa shape index (κ1) is 13.0. The van der Waals surface area contributed by atoms with Gasteiger partial charge in [0.05, 0.1) is 5.83 Å². The Hall–Kier alpha value is -1.42. The molecule has 2 saturated heterocycles. The summed E-state index contributed by atoms with van der Waals surface area (Å²) in [6.07, 6.45) is 5.27. The van der Waals surface area contributed by atoms with E-state index >= 15 is 0 Å². The molecule has 2 rings (SSSR count). The smallest absolute Gasteiger partial charge is 0.166 e. The zero-order valence-corrected chi connectivity index (χ0v) is 10.7. The van der Waals surface area contributed by atoms with Gasteiger partial charge in [-0.25, -0.2) is 4.39 Å². The summed E-state index contributed by atoms with van der Waals surface area (Å²) in [5, 5.41) is 6.68. The van der Waals surface area contributed by atoms with Crippen molar-refractivity contribution in [3.63, 3.8) is 0 Å². The average molecular weight is 250 g/mol.